The van der Waals surface area contributed by atoms with Gasteiger partial charge in [-0.05, 0) is 47.9 Å². The van der Waals surface area contributed by atoms with Gasteiger partial charge in [0.1, 0.15) is 5.71 Å². The molecule has 0 aliphatic carbocycles. The summed E-state index contributed by atoms with van der Waals surface area (Å²) >= 11 is 10.0. The number of fused-ring (bicyclic) bond motifs is 1. The smallest absolute Gasteiger partial charge is 0.285 e. The molecule has 2 aliphatic heterocycles. The highest BCUT2D eigenvalue weighted by Crippen LogP contribution is 2.42. The number of hydrogen-bond acceptors (Lipinski definition) is 4. The third-order valence-corrected chi connectivity index (χ3v) is 6.90. The van der Waals surface area contributed by atoms with Crippen molar-refractivity contribution in [1.29, 1.82) is 0 Å². The number of carbonyl (C=O) groups is 1. The zero-order valence-electron chi connectivity index (χ0n) is 17.5. The van der Waals surface area contributed by atoms with Crippen LogP contribution in [0.15, 0.2) is 82.4 Å². The number of para-hydroxylation sites is 2. The van der Waals surface area contributed by atoms with Gasteiger partial charge in [0.05, 0.1) is 22.4 Å². The Morgan fingerprint density at radius 2 is 1.72 bits per heavy atom. The molecule has 2 heterocycles. The summed E-state index contributed by atoms with van der Waals surface area (Å²) in [5, 5.41) is 9.19. The zero-order chi connectivity index (χ0) is 22.2. The normalized spacial score (nSPS) is 19.7. The Labute approximate surface area is 200 Å². The number of nitrogens with one attached hydrogen (secondary N) is 1. The van der Waals surface area contributed by atoms with E-state index in [1.807, 2.05) is 71.5 Å². The molecule has 5 rings (SSSR count). The van der Waals surface area contributed by atoms with Crippen molar-refractivity contribution < 1.29 is 4.79 Å². The minimum Gasteiger partial charge on any atom is -0.285 e. The van der Waals surface area contributed by atoms with E-state index in [2.05, 4.69) is 39.6 Å². The van der Waals surface area contributed by atoms with Crippen molar-refractivity contribution in [3.63, 3.8) is 0 Å². The second kappa shape index (κ2) is 8.60. The monoisotopic (exact) mass is 508 g/mol. The quantitative estimate of drug-likeness (QED) is 0.487. The van der Waals surface area contributed by atoms with Crippen LogP contribution >= 0.6 is 27.5 Å². The van der Waals surface area contributed by atoms with Crippen LogP contribution in [0.1, 0.15) is 24.1 Å². The van der Waals surface area contributed by atoms with Crippen LogP contribution in [0.3, 0.4) is 0 Å². The van der Waals surface area contributed by atoms with Crippen LogP contribution in [-0.2, 0) is 11.2 Å². The van der Waals surface area contributed by atoms with Crippen LogP contribution in [0, 0.1) is 5.92 Å². The molecule has 1 amide bonds. The topological polar surface area (TPSA) is 47.9 Å². The fourth-order valence-corrected chi connectivity index (χ4v) is 4.93. The molecule has 0 bridgehead atoms. The van der Waals surface area contributed by atoms with Crippen LogP contribution in [-0.4, -0.2) is 18.2 Å². The van der Waals surface area contributed by atoms with Crippen LogP contribution < -0.4 is 15.4 Å². The highest BCUT2D eigenvalue weighted by molar-refractivity contribution is 9.10. The number of halogens is 2. The molecule has 0 aromatic heterocycles. The van der Waals surface area contributed by atoms with Crippen molar-refractivity contribution >= 4 is 50.5 Å². The number of carbonyl (C=O) groups excluding carboxylic acids is 1. The second-order valence-corrected chi connectivity index (χ2v) is 9.36. The maximum absolute atomic E-state index is 13.4. The SMILES string of the molecule is C[C@H]1C(C(=O)NN2CCc3ccccc32)=NN(c2ccccc2Cl)[C@H]1c1ccc(Br)cc1. The van der Waals surface area contributed by atoms with Gasteiger partial charge in [-0.2, -0.15) is 5.10 Å². The van der Waals surface area contributed by atoms with Crippen LogP contribution in [0.25, 0.3) is 0 Å². The van der Waals surface area contributed by atoms with Gasteiger partial charge in [-0.3, -0.25) is 20.2 Å². The standard InChI is InChI=1S/C25H22BrClN4O/c1-16-23(25(32)29-30-15-14-17-6-2-4-8-21(17)30)28-31(22-9-5-3-7-20(22)27)24(16)18-10-12-19(26)13-11-18/h2-13,16,24H,14-15H2,1H3,(H,29,32)/t16-,24+/m0/s1. The summed E-state index contributed by atoms with van der Waals surface area (Å²) in [6.45, 7) is 2.79. The molecule has 0 saturated heterocycles. The molecule has 0 saturated carbocycles. The van der Waals surface area contributed by atoms with Gasteiger partial charge >= 0.3 is 0 Å². The largest absolute Gasteiger partial charge is 0.286 e. The van der Waals surface area contributed by atoms with Crippen LogP contribution in [0.4, 0.5) is 11.4 Å². The van der Waals surface area contributed by atoms with Gasteiger partial charge in [0, 0.05) is 16.9 Å². The lowest BCUT2D eigenvalue weighted by Crippen LogP contribution is -2.45. The summed E-state index contributed by atoms with van der Waals surface area (Å²) in [5.74, 6) is -0.323. The Hall–Kier alpha value is -2.83. The van der Waals surface area contributed by atoms with Crippen molar-refractivity contribution in [3.05, 3.63) is 93.4 Å². The van der Waals surface area contributed by atoms with Crippen molar-refractivity contribution in [3.8, 4) is 0 Å². The molecule has 3 aromatic carbocycles. The minimum absolute atomic E-state index is 0.134. The van der Waals surface area contributed by atoms with Gasteiger partial charge in [0.15, 0.2) is 0 Å². The van der Waals surface area contributed by atoms with Gasteiger partial charge in [-0.15, -0.1) is 0 Å². The summed E-state index contributed by atoms with van der Waals surface area (Å²) in [4.78, 5) is 13.4. The molecule has 7 heteroatoms. The summed E-state index contributed by atoms with van der Waals surface area (Å²) in [5.41, 5.74) is 7.69. The molecule has 32 heavy (non-hydrogen) atoms. The van der Waals surface area contributed by atoms with Crippen LogP contribution in [0.5, 0.6) is 0 Å². The lowest BCUT2D eigenvalue weighted by molar-refractivity contribution is -0.115. The molecule has 5 nitrogen and oxygen atoms in total. The van der Waals surface area contributed by atoms with Gasteiger partial charge in [-0.1, -0.05) is 76.9 Å². The lowest BCUT2D eigenvalue weighted by atomic mass is 9.91. The molecule has 0 spiro atoms. The fourth-order valence-electron chi connectivity index (χ4n) is 4.45. The Morgan fingerprint density at radius 3 is 2.47 bits per heavy atom. The average molecular weight is 510 g/mol. The third kappa shape index (κ3) is 3.78. The highest BCUT2D eigenvalue weighted by Gasteiger charge is 2.40. The first kappa shape index (κ1) is 21.0. The predicted octanol–water partition coefficient (Wildman–Crippen LogP) is 5.75. The van der Waals surface area contributed by atoms with Gasteiger partial charge < -0.3 is 0 Å². The molecular formula is C25H22BrClN4O. The first-order chi connectivity index (χ1) is 15.5. The number of rotatable bonds is 4. The number of hydrazone groups is 1. The van der Waals surface area contributed by atoms with E-state index in [1.165, 1.54) is 5.56 Å². The highest BCUT2D eigenvalue weighted by atomic mass is 79.9. The summed E-state index contributed by atoms with van der Waals surface area (Å²) in [6.07, 6.45) is 0.908. The van der Waals surface area contributed by atoms with E-state index in [0.717, 1.165) is 34.4 Å². The number of benzene rings is 3. The van der Waals surface area contributed by atoms with E-state index in [4.69, 9.17) is 16.7 Å². The van der Waals surface area contributed by atoms with Crippen molar-refractivity contribution in [2.24, 2.45) is 11.0 Å². The first-order valence-corrected chi connectivity index (χ1v) is 11.7. The predicted molar refractivity (Wildman–Crippen MR) is 133 cm³/mol. The van der Waals surface area contributed by atoms with Gasteiger partial charge in [0.25, 0.3) is 5.91 Å². The molecule has 0 radical (unpaired) electrons. The molecular weight excluding hydrogens is 488 g/mol. The number of hydrogen-bond donors (Lipinski definition) is 1. The molecule has 1 N–H and O–H groups in total. The molecule has 0 unspecified atom stereocenters. The maximum Gasteiger partial charge on any atom is 0.286 e. The first-order valence-electron chi connectivity index (χ1n) is 10.6. The Bertz CT molecular complexity index is 1200. The van der Waals surface area contributed by atoms with E-state index >= 15 is 0 Å². The second-order valence-electron chi connectivity index (χ2n) is 8.04. The van der Waals surface area contributed by atoms with Gasteiger partial charge in [-0.25, -0.2) is 0 Å². The Morgan fingerprint density at radius 1 is 1.03 bits per heavy atom. The summed E-state index contributed by atoms with van der Waals surface area (Å²) in [7, 11) is 0. The number of nitrogens with zero attached hydrogens (tertiary/aromatic N) is 3. The Balaban J connectivity index is 1.48. The molecule has 2 atom stereocenters. The average Bonchev–Trinajstić information content (AvgIpc) is 3.36. The fraction of sp³-hybridized carbons (Fsp3) is 0.200. The minimum atomic E-state index is -0.189. The molecule has 3 aromatic rings. The number of amides is 1. The maximum atomic E-state index is 13.4. The van der Waals surface area contributed by atoms with E-state index in [0.29, 0.717) is 10.7 Å². The van der Waals surface area contributed by atoms with E-state index in [-0.39, 0.29) is 17.9 Å². The van der Waals surface area contributed by atoms with E-state index in [9.17, 15) is 4.79 Å². The van der Waals surface area contributed by atoms with Gasteiger partial charge in [0.2, 0.25) is 0 Å². The summed E-state index contributed by atoms with van der Waals surface area (Å²) < 4.78 is 1.00. The summed E-state index contributed by atoms with van der Waals surface area (Å²) in [6, 6.07) is 23.7. The lowest BCUT2D eigenvalue weighted by Gasteiger charge is -2.27. The number of anilines is 2. The number of hydrazine groups is 1. The molecule has 162 valence electrons. The molecule has 2 aliphatic rings. The molecule has 0 fully saturated rings. The van der Waals surface area contributed by atoms with Crippen molar-refractivity contribution in [2.75, 3.05) is 16.6 Å². The van der Waals surface area contributed by atoms with E-state index in [1.54, 1.807) is 0 Å². The van der Waals surface area contributed by atoms with Crippen molar-refractivity contribution in [1.82, 2.24) is 5.43 Å². The Kier molecular flexibility index (Phi) is 5.66. The van der Waals surface area contributed by atoms with E-state index < -0.39 is 0 Å². The van der Waals surface area contributed by atoms with Crippen molar-refractivity contribution in [2.45, 2.75) is 19.4 Å². The zero-order valence-corrected chi connectivity index (χ0v) is 19.8. The third-order valence-electron chi connectivity index (χ3n) is 6.05. The van der Waals surface area contributed by atoms with Crippen LogP contribution in [0.2, 0.25) is 5.02 Å².